The Morgan fingerprint density at radius 1 is 1.39 bits per heavy atom. The lowest BCUT2D eigenvalue weighted by Crippen LogP contribution is -2.18. The molecular formula is C12H10ClF3O2. The van der Waals surface area contributed by atoms with Gasteiger partial charge in [0, 0.05) is 5.02 Å². The predicted octanol–water partition coefficient (Wildman–Crippen LogP) is 3.77. The quantitative estimate of drug-likeness (QED) is 0.914. The molecule has 0 amide bonds. The molecule has 2 rings (SSSR count). The van der Waals surface area contributed by atoms with Crippen LogP contribution in [0.25, 0.3) is 0 Å². The average molecular weight is 279 g/mol. The van der Waals surface area contributed by atoms with Crippen molar-refractivity contribution < 1.29 is 23.1 Å². The Kier molecular flexibility index (Phi) is 3.05. The lowest BCUT2D eigenvalue weighted by molar-refractivity contribution is -0.143. The second kappa shape index (κ2) is 4.16. The van der Waals surface area contributed by atoms with E-state index in [0.29, 0.717) is 12.8 Å². The molecule has 6 heteroatoms. The van der Waals surface area contributed by atoms with Gasteiger partial charge in [-0.2, -0.15) is 13.2 Å². The third kappa shape index (κ3) is 2.46. The minimum atomic E-state index is -4.45. The van der Waals surface area contributed by atoms with Gasteiger partial charge in [-0.25, -0.2) is 0 Å². The highest BCUT2D eigenvalue weighted by atomic mass is 35.5. The molecule has 0 radical (unpaired) electrons. The summed E-state index contributed by atoms with van der Waals surface area (Å²) in [7, 11) is 0. The molecular weight excluding hydrogens is 269 g/mol. The van der Waals surface area contributed by atoms with Crippen LogP contribution in [0.2, 0.25) is 5.02 Å². The van der Waals surface area contributed by atoms with E-state index < -0.39 is 23.1 Å². The van der Waals surface area contributed by atoms with Crippen molar-refractivity contribution in [1.82, 2.24) is 0 Å². The fourth-order valence-electron chi connectivity index (χ4n) is 1.87. The molecule has 1 saturated carbocycles. The Morgan fingerprint density at radius 2 is 2.00 bits per heavy atom. The third-order valence-electron chi connectivity index (χ3n) is 3.21. The van der Waals surface area contributed by atoms with Crippen molar-refractivity contribution in [2.24, 2.45) is 5.41 Å². The van der Waals surface area contributed by atoms with E-state index in [0.717, 1.165) is 18.2 Å². The zero-order valence-electron chi connectivity index (χ0n) is 9.22. The van der Waals surface area contributed by atoms with Crippen molar-refractivity contribution in [3.63, 3.8) is 0 Å². The summed E-state index contributed by atoms with van der Waals surface area (Å²) in [4.78, 5) is 11.0. The molecule has 0 saturated heterocycles. The van der Waals surface area contributed by atoms with Crippen molar-refractivity contribution >= 4 is 17.6 Å². The van der Waals surface area contributed by atoms with Gasteiger partial charge < -0.3 is 5.11 Å². The molecule has 0 aromatic heterocycles. The maximum Gasteiger partial charge on any atom is 0.416 e. The first kappa shape index (κ1) is 13.2. The Bertz CT molecular complexity index is 493. The van der Waals surface area contributed by atoms with Crippen molar-refractivity contribution in [1.29, 1.82) is 0 Å². The number of halogens is 4. The minimum absolute atomic E-state index is 0.0467. The number of alkyl halides is 3. The van der Waals surface area contributed by atoms with Crippen molar-refractivity contribution in [2.45, 2.75) is 25.4 Å². The van der Waals surface area contributed by atoms with Crippen LogP contribution in [-0.4, -0.2) is 11.1 Å². The maximum atomic E-state index is 12.5. The van der Waals surface area contributed by atoms with E-state index in [4.69, 9.17) is 16.7 Å². The molecule has 98 valence electrons. The van der Waals surface area contributed by atoms with Crippen LogP contribution >= 0.6 is 11.6 Å². The molecule has 0 heterocycles. The van der Waals surface area contributed by atoms with Gasteiger partial charge in [0.05, 0.1) is 11.0 Å². The van der Waals surface area contributed by atoms with Crippen molar-refractivity contribution in [3.8, 4) is 0 Å². The smallest absolute Gasteiger partial charge is 0.416 e. The van der Waals surface area contributed by atoms with Gasteiger partial charge in [0.25, 0.3) is 0 Å². The number of aliphatic carboxylic acids is 1. The highest BCUT2D eigenvalue weighted by Crippen LogP contribution is 2.49. The molecule has 2 nitrogen and oxygen atoms in total. The highest BCUT2D eigenvalue weighted by molar-refractivity contribution is 6.31. The largest absolute Gasteiger partial charge is 0.481 e. The summed E-state index contributed by atoms with van der Waals surface area (Å²) in [6.45, 7) is 0. The molecule has 1 aromatic carbocycles. The highest BCUT2D eigenvalue weighted by Gasteiger charge is 2.50. The summed E-state index contributed by atoms with van der Waals surface area (Å²) in [5.74, 6) is -0.976. The number of carboxylic acid groups (broad SMARTS) is 1. The standard InChI is InChI=1S/C12H10ClF3O2/c13-9-2-1-8(12(14,15)16)5-7(9)6-11(3-4-11)10(17)18/h1-2,5H,3-4,6H2,(H,17,18). The van der Waals surface area contributed by atoms with Gasteiger partial charge in [0.2, 0.25) is 0 Å². The monoisotopic (exact) mass is 278 g/mol. The summed E-state index contributed by atoms with van der Waals surface area (Å²) >= 11 is 5.82. The Hall–Kier alpha value is -1.23. The molecule has 0 bridgehead atoms. The topological polar surface area (TPSA) is 37.3 Å². The van der Waals surface area contributed by atoms with Gasteiger partial charge >= 0.3 is 12.1 Å². The number of hydrogen-bond acceptors (Lipinski definition) is 1. The average Bonchev–Trinajstić information content (AvgIpc) is 3.00. The first-order valence-electron chi connectivity index (χ1n) is 5.34. The first-order valence-corrected chi connectivity index (χ1v) is 5.71. The second-order valence-electron chi connectivity index (χ2n) is 4.57. The first-order chi connectivity index (χ1) is 8.24. The van der Waals surface area contributed by atoms with Crippen LogP contribution in [0.3, 0.4) is 0 Å². The number of carbonyl (C=O) groups is 1. The fraction of sp³-hybridized carbons (Fsp3) is 0.417. The van der Waals surface area contributed by atoms with Crippen LogP contribution in [0.1, 0.15) is 24.0 Å². The Balaban J connectivity index is 2.31. The zero-order chi connectivity index (χ0) is 13.6. The lowest BCUT2D eigenvalue weighted by atomic mass is 9.95. The molecule has 0 aliphatic heterocycles. The normalized spacial score (nSPS) is 17.6. The van der Waals surface area contributed by atoms with Gasteiger partial charge in [-0.05, 0) is 43.0 Å². The summed E-state index contributed by atoms with van der Waals surface area (Å²) in [5, 5.41) is 9.20. The molecule has 1 aromatic rings. The summed E-state index contributed by atoms with van der Waals surface area (Å²) in [5.41, 5.74) is -1.48. The maximum absolute atomic E-state index is 12.5. The molecule has 0 unspecified atom stereocenters. The van der Waals surface area contributed by atoms with Crippen LogP contribution in [0.4, 0.5) is 13.2 Å². The summed E-state index contributed by atoms with van der Waals surface area (Å²) < 4.78 is 37.6. The van der Waals surface area contributed by atoms with Crippen LogP contribution in [0.15, 0.2) is 18.2 Å². The summed E-state index contributed by atoms with van der Waals surface area (Å²) in [6.07, 6.45) is -3.44. The van der Waals surface area contributed by atoms with E-state index in [1.165, 1.54) is 0 Å². The molecule has 1 N–H and O–H groups in total. The van der Waals surface area contributed by atoms with Crippen molar-refractivity contribution in [3.05, 3.63) is 34.3 Å². The lowest BCUT2D eigenvalue weighted by Gasteiger charge is -2.13. The molecule has 1 aliphatic carbocycles. The molecule has 0 atom stereocenters. The van der Waals surface area contributed by atoms with E-state index in [2.05, 4.69) is 0 Å². The van der Waals surface area contributed by atoms with Gasteiger partial charge in [-0.3, -0.25) is 4.79 Å². The van der Waals surface area contributed by atoms with Gasteiger partial charge in [-0.15, -0.1) is 0 Å². The van der Waals surface area contributed by atoms with Crippen molar-refractivity contribution in [2.75, 3.05) is 0 Å². The van der Waals surface area contributed by atoms with E-state index >= 15 is 0 Å². The molecule has 1 fully saturated rings. The van der Waals surface area contributed by atoms with E-state index in [1.807, 2.05) is 0 Å². The number of benzene rings is 1. The van der Waals surface area contributed by atoms with Gasteiger partial charge in [-0.1, -0.05) is 11.6 Å². The Labute approximate surface area is 106 Å². The van der Waals surface area contributed by atoms with Crippen LogP contribution < -0.4 is 0 Å². The third-order valence-corrected chi connectivity index (χ3v) is 3.58. The van der Waals surface area contributed by atoms with E-state index in [9.17, 15) is 18.0 Å². The fourth-order valence-corrected chi connectivity index (χ4v) is 2.05. The van der Waals surface area contributed by atoms with E-state index in [-0.39, 0.29) is 17.0 Å². The second-order valence-corrected chi connectivity index (χ2v) is 4.97. The van der Waals surface area contributed by atoms with Crippen LogP contribution in [0, 0.1) is 5.41 Å². The summed E-state index contributed by atoms with van der Waals surface area (Å²) in [6, 6.07) is 3.00. The minimum Gasteiger partial charge on any atom is -0.481 e. The molecule has 0 spiro atoms. The van der Waals surface area contributed by atoms with Gasteiger partial charge in [0.15, 0.2) is 0 Å². The molecule has 18 heavy (non-hydrogen) atoms. The zero-order valence-corrected chi connectivity index (χ0v) is 9.98. The SMILES string of the molecule is O=C(O)C1(Cc2cc(C(F)(F)F)ccc2Cl)CC1. The Morgan fingerprint density at radius 3 is 2.44 bits per heavy atom. The number of hydrogen-bond donors (Lipinski definition) is 1. The number of carboxylic acids is 1. The molecule has 1 aliphatic rings. The predicted molar refractivity (Wildman–Crippen MR) is 59.5 cm³/mol. The number of rotatable bonds is 3. The van der Waals surface area contributed by atoms with Crippen LogP contribution in [0.5, 0.6) is 0 Å². The van der Waals surface area contributed by atoms with E-state index in [1.54, 1.807) is 0 Å². The van der Waals surface area contributed by atoms with Gasteiger partial charge in [0.1, 0.15) is 0 Å². The van der Waals surface area contributed by atoms with Crippen LogP contribution in [-0.2, 0) is 17.4 Å².